The number of morpholine rings is 1. The molecule has 5 nitrogen and oxygen atoms in total. The van der Waals surface area contributed by atoms with Gasteiger partial charge in [0.1, 0.15) is 6.04 Å². The summed E-state index contributed by atoms with van der Waals surface area (Å²) in [6, 6.07) is 6.77. The van der Waals surface area contributed by atoms with E-state index in [1.54, 1.807) is 18.2 Å². The Kier molecular flexibility index (Phi) is 5.43. The maximum absolute atomic E-state index is 12.2. The van der Waals surface area contributed by atoms with Crippen molar-refractivity contribution in [3.05, 3.63) is 28.8 Å². The zero-order chi connectivity index (χ0) is 15.2. The van der Waals surface area contributed by atoms with Crippen LogP contribution in [0.25, 0.3) is 0 Å². The van der Waals surface area contributed by atoms with Crippen LogP contribution in [0.4, 0.5) is 5.69 Å². The fraction of sp³-hybridized carbons (Fsp3) is 0.467. The molecule has 21 heavy (non-hydrogen) atoms. The number of amides is 1. The van der Waals surface area contributed by atoms with Gasteiger partial charge in [-0.3, -0.25) is 4.79 Å². The second kappa shape index (κ2) is 7.30. The van der Waals surface area contributed by atoms with Crippen molar-refractivity contribution < 1.29 is 9.53 Å². The minimum absolute atomic E-state index is 0.0584. The predicted molar refractivity (Wildman–Crippen MR) is 81.4 cm³/mol. The zero-order valence-electron chi connectivity index (χ0n) is 11.9. The molecule has 0 aromatic heterocycles. The van der Waals surface area contributed by atoms with Crippen molar-refractivity contribution in [1.29, 1.82) is 5.26 Å². The number of nitrogens with zero attached hydrogens (tertiary/aromatic N) is 2. The number of hydrogen-bond donors (Lipinski definition) is 1. The lowest BCUT2D eigenvalue weighted by Crippen LogP contribution is -2.54. The Labute approximate surface area is 129 Å². The lowest BCUT2D eigenvalue weighted by atomic mass is 10.1. The molecular weight excluding hydrogens is 290 g/mol. The first-order valence-corrected chi connectivity index (χ1v) is 7.37. The summed E-state index contributed by atoms with van der Waals surface area (Å²) in [5.41, 5.74) is 1.26. The normalized spacial score (nSPS) is 18.1. The van der Waals surface area contributed by atoms with Crippen LogP contribution < -0.4 is 10.2 Å². The quantitative estimate of drug-likeness (QED) is 0.923. The fourth-order valence-electron chi connectivity index (χ4n) is 2.28. The number of ether oxygens (including phenoxy) is 1. The number of hydrogen-bond acceptors (Lipinski definition) is 4. The van der Waals surface area contributed by atoms with E-state index in [1.165, 1.54) is 0 Å². The first-order valence-electron chi connectivity index (χ1n) is 6.99. The van der Waals surface area contributed by atoms with Gasteiger partial charge in [-0.05, 0) is 24.6 Å². The van der Waals surface area contributed by atoms with Crippen molar-refractivity contribution in [2.75, 3.05) is 31.2 Å². The van der Waals surface area contributed by atoms with Crippen LogP contribution in [0.1, 0.15) is 18.9 Å². The number of benzene rings is 1. The summed E-state index contributed by atoms with van der Waals surface area (Å²) in [6.07, 6.45) is 0.886. The van der Waals surface area contributed by atoms with Crippen LogP contribution >= 0.6 is 11.6 Å². The summed E-state index contributed by atoms with van der Waals surface area (Å²) in [6.45, 7) is 4.13. The smallest absolute Gasteiger partial charge is 0.245 e. The van der Waals surface area contributed by atoms with Crippen LogP contribution in [-0.2, 0) is 9.53 Å². The minimum atomic E-state index is -0.393. The lowest BCUT2D eigenvalue weighted by Gasteiger charge is -2.36. The number of anilines is 1. The Bertz CT molecular complexity index is 556. The Morgan fingerprint density at radius 2 is 2.43 bits per heavy atom. The number of rotatable bonds is 4. The molecule has 1 aromatic rings. The van der Waals surface area contributed by atoms with Crippen LogP contribution in [0.2, 0.25) is 5.02 Å². The molecule has 6 heteroatoms. The molecule has 1 heterocycles. The SMILES string of the molecule is CCCNC(=O)C1COCCN1c1ccc(C#N)cc1Cl. The number of carbonyl (C=O) groups excluding carboxylic acids is 1. The Balaban J connectivity index is 2.22. The number of nitrogens with one attached hydrogen (secondary N) is 1. The van der Waals surface area contributed by atoms with Gasteiger partial charge in [0, 0.05) is 13.1 Å². The van der Waals surface area contributed by atoms with Crippen LogP contribution in [0.5, 0.6) is 0 Å². The van der Waals surface area contributed by atoms with Gasteiger partial charge in [-0.25, -0.2) is 0 Å². The van der Waals surface area contributed by atoms with E-state index in [4.69, 9.17) is 21.6 Å². The first-order chi connectivity index (χ1) is 10.2. The highest BCUT2D eigenvalue weighted by atomic mass is 35.5. The molecule has 0 spiro atoms. The van der Waals surface area contributed by atoms with E-state index in [0.717, 1.165) is 12.1 Å². The van der Waals surface area contributed by atoms with Gasteiger partial charge in [-0.1, -0.05) is 18.5 Å². The third kappa shape index (κ3) is 3.66. The van der Waals surface area contributed by atoms with Crippen LogP contribution in [0.15, 0.2) is 18.2 Å². The number of carbonyl (C=O) groups is 1. The van der Waals surface area contributed by atoms with Crippen molar-refractivity contribution in [2.24, 2.45) is 0 Å². The standard InChI is InChI=1S/C15H18ClN3O2/c1-2-5-18-15(20)14-10-21-7-6-19(14)13-4-3-11(9-17)8-12(13)16/h3-4,8,14H,2,5-7,10H2,1H3,(H,18,20). The number of halogens is 1. The molecule has 1 amide bonds. The maximum Gasteiger partial charge on any atom is 0.245 e. The van der Waals surface area contributed by atoms with Crippen LogP contribution in [0, 0.1) is 11.3 Å². The molecule has 0 bridgehead atoms. The molecule has 1 aliphatic rings. The topological polar surface area (TPSA) is 65.4 Å². The molecule has 2 rings (SSSR count). The van der Waals surface area contributed by atoms with Crippen LogP contribution in [-0.4, -0.2) is 38.3 Å². The molecule has 0 aliphatic carbocycles. The number of nitriles is 1. The zero-order valence-corrected chi connectivity index (χ0v) is 12.7. The minimum Gasteiger partial charge on any atom is -0.377 e. The van der Waals surface area contributed by atoms with Gasteiger partial charge in [0.05, 0.1) is 35.6 Å². The molecule has 1 aliphatic heterocycles. The monoisotopic (exact) mass is 307 g/mol. The second-order valence-corrected chi connectivity index (χ2v) is 5.26. The predicted octanol–water partition coefficient (Wildman–Crippen LogP) is 1.94. The average molecular weight is 308 g/mol. The summed E-state index contributed by atoms with van der Waals surface area (Å²) >= 11 is 6.25. The summed E-state index contributed by atoms with van der Waals surface area (Å²) in [4.78, 5) is 14.2. The van der Waals surface area contributed by atoms with Crippen molar-refractivity contribution in [2.45, 2.75) is 19.4 Å². The van der Waals surface area contributed by atoms with Crippen molar-refractivity contribution in [1.82, 2.24) is 5.32 Å². The Hall–Kier alpha value is -1.77. The Morgan fingerprint density at radius 1 is 1.62 bits per heavy atom. The molecule has 1 N–H and O–H groups in total. The molecule has 1 unspecified atom stereocenters. The largest absolute Gasteiger partial charge is 0.377 e. The highest BCUT2D eigenvalue weighted by Gasteiger charge is 2.30. The van der Waals surface area contributed by atoms with Gasteiger partial charge in [0.2, 0.25) is 5.91 Å². The average Bonchev–Trinajstić information content (AvgIpc) is 2.52. The second-order valence-electron chi connectivity index (χ2n) is 4.85. The van der Waals surface area contributed by atoms with Gasteiger partial charge in [-0.2, -0.15) is 5.26 Å². The molecule has 1 fully saturated rings. The van der Waals surface area contributed by atoms with E-state index in [2.05, 4.69) is 11.4 Å². The maximum atomic E-state index is 12.2. The third-order valence-corrected chi connectivity index (χ3v) is 3.67. The van der Waals surface area contributed by atoms with Crippen LogP contribution in [0.3, 0.4) is 0 Å². The summed E-state index contributed by atoms with van der Waals surface area (Å²) in [5.74, 6) is -0.0584. The highest BCUT2D eigenvalue weighted by molar-refractivity contribution is 6.33. The first kappa shape index (κ1) is 15.6. The molecule has 112 valence electrons. The van der Waals surface area contributed by atoms with Crippen molar-refractivity contribution in [3.8, 4) is 6.07 Å². The van der Waals surface area contributed by atoms with Gasteiger partial charge in [0.15, 0.2) is 0 Å². The molecule has 1 aromatic carbocycles. The van der Waals surface area contributed by atoms with Gasteiger partial charge in [0.25, 0.3) is 0 Å². The molecule has 0 radical (unpaired) electrons. The van der Waals surface area contributed by atoms with E-state index < -0.39 is 6.04 Å². The third-order valence-electron chi connectivity index (χ3n) is 3.37. The van der Waals surface area contributed by atoms with Crippen molar-refractivity contribution in [3.63, 3.8) is 0 Å². The van der Waals surface area contributed by atoms with E-state index in [-0.39, 0.29) is 5.91 Å². The van der Waals surface area contributed by atoms with Crippen molar-refractivity contribution >= 4 is 23.2 Å². The van der Waals surface area contributed by atoms with Gasteiger partial charge < -0.3 is 15.0 Å². The summed E-state index contributed by atoms with van der Waals surface area (Å²) in [7, 11) is 0. The van der Waals surface area contributed by atoms with Gasteiger partial charge >= 0.3 is 0 Å². The van der Waals surface area contributed by atoms with E-state index in [9.17, 15) is 4.79 Å². The van der Waals surface area contributed by atoms with Gasteiger partial charge in [-0.15, -0.1) is 0 Å². The van der Waals surface area contributed by atoms with E-state index >= 15 is 0 Å². The summed E-state index contributed by atoms with van der Waals surface area (Å²) < 4.78 is 5.42. The summed E-state index contributed by atoms with van der Waals surface area (Å²) in [5, 5.41) is 12.3. The molecular formula is C15H18ClN3O2. The van der Waals surface area contributed by atoms with E-state index in [1.807, 2.05) is 11.8 Å². The lowest BCUT2D eigenvalue weighted by molar-refractivity contribution is -0.124. The highest BCUT2D eigenvalue weighted by Crippen LogP contribution is 2.29. The molecule has 1 atom stereocenters. The Morgan fingerprint density at radius 3 is 3.10 bits per heavy atom. The molecule has 0 saturated carbocycles. The van der Waals surface area contributed by atoms with E-state index in [0.29, 0.717) is 36.9 Å². The fourth-order valence-corrected chi connectivity index (χ4v) is 2.57. The molecule has 1 saturated heterocycles.